The number of aliphatic hydroxyl groups excluding tert-OH is 1. The molecule has 0 radical (unpaired) electrons. The third-order valence-corrected chi connectivity index (χ3v) is 2.48. The number of aliphatic hydroxyl groups is 1. The third kappa shape index (κ3) is 2.98. The zero-order chi connectivity index (χ0) is 12.1. The maximum absolute atomic E-state index is 8.93. The molecule has 2 rings (SSSR count). The molecule has 0 aliphatic carbocycles. The zero-order valence-corrected chi connectivity index (χ0v) is 9.68. The van der Waals surface area contributed by atoms with Crippen molar-refractivity contribution in [3.05, 3.63) is 54.1 Å². The fourth-order valence-electron chi connectivity index (χ4n) is 1.49. The summed E-state index contributed by atoms with van der Waals surface area (Å²) in [5.41, 5.74) is 1.93. The van der Waals surface area contributed by atoms with Crippen molar-refractivity contribution < 1.29 is 9.84 Å². The quantitative estimate of drug-likeness (QED) is 0.846. The smallest absolute Gasteiger partial charge is 0.127 e. The van der Waals surface area contributed by atoms with E-state index in [1.54, 1.807) is 0 Å². The summed E-state index contributed by atoms with van der Waals surface area (Å²) in [7, 11) is 1.88. The van der Waals surface area contributed by atoms with Gasteiger partial charge in [-0.05, 0) is 42.0 Å². The molecule has 0 amide bonds. The van der Waals surface area contributed by atoms with Crippen molar-refractivity contribution in [2.24, 2.45) is 0 Å². The summed E-state index contributed by atoms with van der Waals surface area (Å²) in [5, 5.41) is 12.0. The van der Waals surface area contributed by atoms with Gasteiger partial charge in [0.25, 0.3) is 0 Å². The Kier molecular flexibility index (Phi) is 3.62. The highest BCUT2D eigenvalue weighted by Crippen LogP contribution is 2.23. The summed E-state index contributed by atoms with van der Waals surface area (Å²) in [5.74, 6) is 1.56. The van der Waals surface area contributed by atoms with Gasteiger partial charge in [-0.15, -0.1) is 0 Å². The first kappa shape index (κ1) is 11.5. The first-order valence-electron chi connectivity index (χ1n) is 5.47. The minimum atomic E-state index is 0.0527. The Labute approximate surface area is 101 Å². The number of hydrogen-bond acceptors (Lipinski definition) is 3. The molecule has 88 valence electrons. The van der Waals surface area contributed by atoms with Gasteiger partial charge in [-0.3, -0.25) is 0 Å². The minimum Gasteiger partial charge on any atom is -0.457 e. The predicted molar refractivity (Wildman–Crippen MR) is 68.4 cm³/mol. The van der Waals surface area contributed by atoms with Gasteiger partial charge in [-0.25, -0.2) is 0 Å². The molecule has 0 aliphatic rings. The molecular formula is C14H15NO2. The van der Waals surface area contributed by atoms with Crippen molar-refractivity contribution in [1.29, 1.82) is 0 Å². The van der Waals surface area contributed by atoms with Crippen LogP contribution in [0.25, 0.3) is 0 Å². The number of nitrogens with one attached hydrogen (secondary N) is 1. The zero-order valence-electron chi connectivity index (χ0n) is 9.68. The minimum absolute atomic E-state index is 0.0527. The highest BCUT2D eigenvalue weighted by atomic mass is 16.5. The number of benzene rings is 2. The van der Waals surface area contributed by atoms with E-state index in [-0.39, 0.29) is 6.61 Å². The van der Waals surface area contributed by atoms with Crippen molar-refractivity contribution in [2.75, 3.05) is 12.4 Å². The maximum atomic E-state index is 8.93. The van der Waals surface area contributed by atoms with Crippen LogP contribution in [0.4, 0.5) is 5.69 Å². The van der Waals surface area contributed by atoms with Crippen molar-refractivity contribution in [1.82, 2.24) is 0 Å². The molecule has 0 aliphatic heterocycles. The summed E-state index contributed by atoms with van der Waals surface area (Å²) in [4.78, 5) is 0. The van der Waals surface area contributed by atoms with Crippen LogP contribution in [0.1, 0.15) is 5.56 Å². The monoisotopic (exact) mass is 229 g/mol. The largest absolute Gasteiger partial charge is 0.457 e. The lowest BCUT2D eigenvalue weighted by Gasteiger charge is -2.07. The van der Waals surface area contributed by atoms with E-state index in [1.165, 1.54) is 0 Å². The average Bonchev–Trinajstić information content (AvgIpc) is 2.40. The molecule has 17 heavy (non-hydrogen) atoms. The maximum Gasteiger partial charge on any atom is 0.127 e. The Bertz CT molecular complexity index is 417. The highest BCUT2D eigenvalue weighted by Gasteiger charge is 1.97. The van der Waals surface area contributed by atoms with Gasteiger partial charge in [0.1, 0.15) is 11.5 Å². The first-order valence-corrected chi connectivity index (χ1v) is 5.47. The number of rotatable bonds is 4. The normalized spacial score (nSPS) is 10.0. The van der Waals surface area contributed by atoms with E-state index in [9.17, 15) is 0 Å². The van der Waals surface area contributed by atoms with Crippen molar-refractivity contribution in [2.45, 2.75) is 6.61 Å². The molecule has 3 heteroatoms. The SMILES string of the molecule is CNc1ccc(Oc2ccc(CO)cc2)cc1. The Hall–Kier alpha value is -2.00. The second-order valence-corrected chi connectivity index (χ2v) is 3.68. The van der Waals surface area contributed by atoms with Crippen LogP contribution >= 0.6 is 0 Å². The van der Waals surface area contributed by atoms with Crippen molar-refractivity contribution in [3.8, 4) is 11.5 Å². The third-order valence-electron chi connectivity index (χ3n) is 2.48. The molecule has 0 unspecified atom stereocenters. The first-order chi connectivity index (χ1) is 8.31. The van der Waals surface area contributed by atoms with Gasteiger partial charge in [-0.1, -0.05) is 12.1 Å². The van der Waals surface area contributed by atoms with Crippen LogP contribution in [0.2, 0.25) is 0 Å². The second kappa shape index (κ2) is 5.37. The van der Waals surface area contributed by atoms with Gasteiger partial charge < -0.3 is 15.2 Å². The van der Waals surface area contributed by atoms with Crippen LogP contribution < -0.4 is 10.1 Å². The Morgan fingerprint density at radius 2 is 1.47 bits per heavy atom. The van der Waals surface area contributed by atoms with Crippen LogP contribution in [0.15, 0.2) is 48.5 Å². The van der Waals surface area contributed by atoms with E-state index >= 15 is 0 Å². The predicted octanol–water partition coefficient (Wildman–Crippen LogP) is 3.01. The van der Waals surface area contributed by atoms with Gasteiger partial charge in [0.2, 0.25) is 0 Å². The van der Waals surface area contributed by atoms with Crippen LogP contribution in [-0.2, 0) is 6.61 Å². The molecule has 0 saturated heterocycles. The van der Waals surface area contributed by atoms with E-state index in [2.05, 4.69) is 5.32 Å². The van der Waals surface area contributed by atoms with Crippen LogP contribution in [0.3, 0.4) is 0 Å². The molecule has 2 aromatic rings. The molecule has 3 nitrogen and oxygen atoms in total. The summed E-state index contributed by atoms with van der Waals surface area (Å²) in [6.07, 6.45) is 0. The molecule has 0 atom stereocenters. The van der Waals surface area contributed by atoms with E-state index in [0.29, 0.717) is 0 Å². The Balaban J connectivity index is 2.08. The summed E-state index contributed by atoms with van der Waals surface area (Å²) in [6.45, 7) is 0.0527. The lowest BCUT2D eigenvalue weighted by molar-refractivity contribution is 0.281. The van der Waals surface area contributed by atoms with E-state index in [4.69, 9.17) is 9.84 Å². The van der Waals surface area contributed by atoms with Crippen molar-refractivity contribution in [3.63, 3.8) is 0 Å². The van der Waals surface area contributed by atoms with Crippen LogP contribution in [-0.4, -0.2) is 12.2 Å². The van der Waals surface area contributed by atoms with Crippen LogP contribution in [0.5, 0.6) is 11.5 Å². The van der Waals surface area contributed by atoms with Crippen LogP contribution in [0, 0.1) is 0 Å². The molecule has 0 aromatic heterocycles. The molecule has 0 heterocycles. The van der Waals surface area contributed by atoms with E-state index < -0.39 is 0 Å². The average molecular weight is 229 g/mol. The van der Waals surface area contributed by atoms with E-state index in [0.717, 1.165) is 22.7 Å². The molecule has 0 bridgehead atoms. The van der Waals surface area contributed by atoms with Gasteiger partial charge in [0.05, 0.1) is 6.61 Å². The standard InChI is InChI=1S/C14H15NO2/c1-15-12-4-8-14(9-5-12)17-13-6-2-11(10-16)3-7-13/h2-9,15-16H,10H2,1H3. The van der Waals surface area contributed by atoms with Crippen molar-refractivity contribution >= 4 is 5.69 Å². The summed E-state index contributed by atoms with van der Waals surface area (Å²) < 4.78 is 5.67. The topological polar surface area (TPSA) is 41.5 Å². The summed E-state index contributed by atoms with van der Waals surface area (Å²) >= 11 is 0. The molecule has 0 spiro atoms. The lowest BCUT2D eigenvalue weighted by atomic mass is 10.2. The van der Waals surface area contributed by atoms with Gasteiger partial charge in [0, 0.05) is 12.7 Å². The summed E-state index contributed by atoms with van der Waals surface area (Å²) in [6, 6.07) is 15.1. The Morgan fingerprint density at radius 1 is 0.941 bits per heavy atom. The Morgan fingerprint density at radius 3 is 1.94 bits per heavy atom. The lowest BCUT2D eigenvalue weighted by Crippen LogP contribution is -1.88. The fourth-order valence-corrected chi connectivity index (χ4v) is 1.49. The number of hydrogen-bond donors (Lipinski definition) is 2. The number of ether oxygens (including phenoxy) is 1. The molecule has 0 fully saturated rings. The molecular weight excluding hydrogens is 214 g/mol. The van der Waals surface area contributed by atoms with Gasteiger partial charge >= 0.3 is 0 Å². The van der Waals surface area contributed by atoms with E-state index in [1.807, 2.05) is 55.6 Å². The highest BCUT2D eigenvalue weighted by molar-refractivity contribution is 5.46. The molecule has 2 N–H and O–H groups in total. The second-order valence-electron chi connectivity index (χ2n) is 3.68. The molecule has 0 saturated carbocycles. The fraction of sp³-hybridized carbons (Fsp3) is 0.143. The van der Waals surface area contributed by atoms with Gasteiger partial charge in [0.15, 0.2) is 0 Å². The number of anilines is 1. The molecule has 2 aromatic carbocycles. The van der Waals surface area contributed by atoms with Gasteiger partial charge in [-0.2, -0.15) is 0 Å².